The highest BCUT2D eigenvalue weighted by Crippen LogP contribution is 2.25. The number of hydrogen-bond acceptors (Lipinski definition) is 3. The van der Waals surface area contributed by atoms with Crippen LogP contribution in [0.4, 0.5) is 5.69 Å². The van der Waals surface area contributed by atoms with Gasteiger partial charge in [0.2, 0.25) is 0 Å². The number of nitrogens with zero attached hydrogens (tertiary/aromatic N) is 1. The van der Waals surface area contributed by atoms with Crippen molar-refractivity contribution >= 4 is 35.1 Å². The van der Waals surface area contributed by atoms with Gasteiger partial charge in [0, 0.05) is 15.6 Å². The average Bonchev–Trinajstić information content (AvgIpc) is 2.65. The summed E-state index contributed by atoms with van der Waals surface area (Å²) in [5.41, 5.74) is 8.25. The number of anilines is 1. The third kappa shape index (κ3) is 5.25. The van der Waals surface area contributed by atoms with Crippen molar-refractivity contribution in [2.24, 2.45) is 5.10 Å². The summed E-state index contributed by atoms with van der Waals surface area (Å²) in [4.78, 5) is 0. The van der Waals surface area contributed by atoms with Crippen molar-refractivity contribution in [2.75, 3.05) is 5.43 Å². The number of hydrazone groups is 1. The molecule has 3 aromatic carbocycles. The Morgan fingerprint density at radius 1 is 0.926 bits per heavy atom. The molecule has 27 heavy (non-hydrogen) atoms. The molecular weight excluding hydrogens is 379 g/mol. The van der Waals surface area contributed by atoms with Crippen LogP contribution >= 0.6 is 23.2 Å². The van der Waals surface area contributed by atoms with Crippen LogP contribution in [0.15, 0.2) is 65.8 Å². The Balaban J connectivity index is 1.57. The molecule has 0 unspecified atom stereocenters. The predicted octanol–water partition coefficient (Wildman–Crippen LogP) is 6.64. The molecule has 0 saturated carbocycles. The first-order valence-electron chi connectivity index (χ1n) is 8.55. The topological polar surface area (TPSA) is 33.6 Å². The van der Waals surface area contributed by atoms with E-state index in [0.717, 1.165) is 22.6 Å². The summed E-state index contributed by atoms with van der Waals surface area (Å²) in [7, 11) is 0. The summed E-state index contributed by atoms with van der Waals surface area (Å²) >= 11 is 12.3. The van der Waals surface area contributed by atoms with E-state index in [0.29, 0.717) is 16.7 Å². The van der Waals surface area contributed by atoms with Crippen molar-refractivity contribution < 1.29 is 4.74 Å². The van der Waals surface area contributed by atoms with E-state index in [2.05, 4.69) is 36.5 Å². The first kappa shape index (κ1) is 19.3. The smallest absolute Gasteiger partial charge is 0.119 e. The molecule has 5 heteroatoms. The second-order valence-electron chi connectivity index (χ2n) is 6.23. The highest BCUT2D eigenvalue weighted by Gasteiger charge is 2.06. The lowest BCUT2D eigenvalue weighted by molar-refractivity contribution is 0.306. The fourth-order valence-electron chi connectivity index (χ4n) is 2.47. The van der Waals surface area contributed by atoms with E-state index in [4.69, 9.17) is 27.9 Å². The van der Waals surface area contributed by atoms with E-state index in [9.17, 15) is 0 Å². The molecule has 1 N–H and O–H groups in total. The van der Waals surface area contributed by atoms with Gasteiger partial charge in [-0.25, -0.2) is 0 Å². The molecule has 0 aromatic heterocycles. The minimum atomic E-state index is 0.320. The quantitative estimate of drug-likeness (QED) is 0.373. The van der Waals surface area contributed by atoms with Gasteiger partial charge in [0.15, 0.2) is 0 Å². The van der Waals surface area contributed by atoms with Gasteiger partial charge >= 0.3 is 0 Å². The zero-order valence-electron chi connectivity index (χ0n) is 15.2. The number of aryl methyl sites for hydroxylation is 2. The Bertz CT molecular complexity index is 933. The number of halogens is 2. The van der Waals surface area contributed by atoms with E-state index in [1.807, 2.05) is 36.4 Å². The van der Waals surface area contributed by atoms with Crippen molar-refractivity contribution in [3.05, 3.63) is 93.0 Å². The van der Waals surface area contributed by atoms with Crippen molar-refractivity contribution in [2.45, 2.75) is 20.5 Å². The minimum absolute atomic E-state index is 0.320. The SMILES string of the molecule is Cc1ccc(NN=Cc2ccc(OCc3c(Cl)cccc3Cl)cc2)cc1C. The van der Waals surface area contributed by atoms with Crippen LogP contribution in [-0.2, 0) is 6.61 Å². The lowest BCUT2D eigenvalue weighted by Crippen LogP contribution is -1.97. The summed E-state index contributed by atoms with van der Waals surface area (Å²) in [5.74, 6) is 0.741. The summed E-state index contributed by atoms with van der Waals surface area (Å²) in [6, 6.07) is 19.2. The molecular formula is C22H20Cl2N2O. The molecule has 0 aliphatic rings. The van der Waals surface area contributed by atoms with Crippen LogP contribution in [0, 0.1) is 13.8 Å². The van der Waals surface area contributed by atoms with Gasteiger partial charge in [-0.15, -0.1) is 0 Å². The van der Waals surface area contributed by atoms with Crippen molar-refractivity contribution in [1.82, 2.24) is 0 Å². The summed E-state index contributed by atoms with van der Waals surface area (Å²) in [6.07, 6.45) is 1.77. The van der Waals surface area contributed by atoms with E-state index < -0.39 is 0 Å². The maximum atomic E-state index is 6.16. The molecule has 0 atom stereocenters. The Kier molecular flexibility index (Phi) is 6.38. The minimum Gasteiger partial charge on any atom is -0.489 e. The van der Waals surface area contributed by atoms with Gasteiger partial charge in [-0.3, -0.25) is 5.43 Å². The maximum absolute atomic E-state index is 6.16. The molecule has 0 fully saturated rings. The maximum Gasteiger partial charge on any atom is 0.119 e. The summed E-state index contributed by atoms with van der Waals surface area (Å²) in [6.45, 7) is 4.49. The molecule has 0 saturated heterocycles. The van der Waals surface area contributed by atoms with Gasteiger partial charge in [-0.1, -0.05) is 35.3 Å². The van der Waals surface area contributed by atoms with Crippen molar-refractivity contribution in [3.8, 4) is 5.75 Å². The van der Waals surface area contributed by atoms with Crippen LogP contribution in [0.25, 0.3) is 0 Å². The largest absolute Gasteiger partial charge is 0.489 e. The van der Waals surface area contributed by atoms with E-state index in [1.54, 1.807) is 18.3 Å². The van der Waals surface area contributed by atoms with Crippen LogP contribution < -0.4 is 10.2 Å². The third-order valence-electron chi connectivity index (χ3n) is 4.24. The molecule has 3 rings (SSSR count). The molecule has 0 amide bonds. The predicted molar refractivity (Wildman–Crippen MR) is 114 cm³/mol. The number of hydrogen-bond donors (Lipinski definition) is 1. The molecule has 0 heterocycles. The number of ether oxygens (including phenoxy) is 1. The lowest BCUT2D eigenvalue weighted by atomic mass is 10.1. The molecule has 3 aromatic rings. The van der Waals surface area contributed by atoms with Gasteiger partial charge in [0.1, 0.15) is 12.4 Å². The number of nitrogens with one attached hydrogen (secondary N) is 1. The normalized spacial score (nSPS) is 11.0. The van der Waals surface area contributed by atoms with Crippen molar-refractivity contribution in [1.29, 1.82) is 0 Å². The fraction of sp³-hybridized carbons (Fsp3) is 0.136. The fourth-order valence-corrected chi connectivity index (χ4v) is 2.97. The number of benzene rings is 3. The van der Waals surface area contributed by atoms with Crippen LogP contribution in [0.2, 0.25) is 10.0 Å². The molecule has 138 valence electrons. The number of rotatable bonds is 6. The van der Waals surface area contributed by atoms with Gasteiger partial charge in [0.25, 0.3) is 0 Å². The monoisotopic (exact) mass is 398 g/mol. The van der Waals surface area contributed by atoms with Gasteiger partial charge < -0.3 is 4.74 Å². The average molecular weight is 399 g/mol. The Morgan fingerprint density at radius 3 is 2.30 bits per heavy atom. The van der Waals surface area contributed by atoms with Gasteiger partial charge in [0.05, 0.1) is 11.9 Å². The van der Waals surface area contributed by atoms with Crippen LogP contribution in [0.3, 0.4) is 0 Å². The van der Waals surface area contributed by atoms with Crippen LogP contribution in [0.1, 0.15) is 22.3 Å². The first-order chi connectivity index (χ1) is 13.0. The highest BCUT2D eigenvalue weighted by molar-refractivity contribution is 6.35. The zero-order valence-corrected chi connectivity index (χ0v) is 16.7. The molecule has 0 aliphatic carbocycles. The van der Waals surface area contributed by atoms with E-state index >= 15 is 0 Å². The van der Waals surface area contributed by atoms with Crippen molar-refractivity contribution in [3.63, 3.8) is 0 Å². The molecule has 3 nitrogen and oxygen atoms in total. The molecule has 0 spiro atoms. The van der Waals surface area contributed by atoms with Gasteiger partial charge in [-0.05, 0) is 79.1 Å². The van der Waals surface area contributed by atoms with E-state index in [1.165, 1.54) is 11.1 Å². The van der Waals surface area contributed by atoms with E-state index in [-0.39, 0.29) is 0 Å². The second-order valence-corrected chi connectivity index (χ2v) is 7.04. The molecule has 0 aliphatic heterocycles. The zero-order chi connectivity index (χ0) is 19.2. The third-order valence-corrected chi connectivity index (χ3v) is 4.95. The molecule has 0 radical (unpaired) electrons. The van der Waals surface area contributed by atoms with Gasteiger partial charge in [-0.2, -0.15) is 5.10 Å². The lowest BCUT2D eigenvalue weighted by Gasteiger charge is -2.09. The molecule has 0 bridgehead atoms. The highest BCUT2D eigenvalue weighted by atomic mass is 35.5. The second kappa shape index (κ2) is 8.94. The summed E-state index contributed by atoms with van der Waals surface area (Å²) in [5, 5.41) is 5.48. The first-order valence-corrected chi connectivity index (χ1v) is 9.30. The Morgan fingerprint density at radius 2 is 1.63 bits per heavy atom. The van der Waals surface area contributed by atoms with Crippen LogP contribution in [-0.4, -0.2) is 6.21 Å². The standard InChI is InChI=1S/C22H20Cl2N2O/c1-15-6-9-18(12-16(15)2)26-25-13-17-7-10-19(11-8-17)27-14-20-21(23)4-3-5-22(20)24/h3-13,26H,14H2,1-2H3. The Labute approximate surface area is 169 Å². The summed E-state index contributed by atoms with van der Waals surface area (Å²) < 4.78 is 5.78. The Hall–Kier alpha value is -2.49. The van der Waals surface area contributed by atoms with Crippen LogP contribution in [0.5, 0.6) is 5.75 Å².